The summed E-state index contributed by atoms with van der Waals surface area (Å²) in [7, 11) is -3.05. The molecule has 2 aromatic carbocycles. The third-order valence-corrected chi connectivity index (χ3v) is 6.74. The van der Waals surface area contributed by atoms with Gasteiger partial charge in [0.15, 0.2) is 9.84 Å². The smallest absolute Gasteiger partial charge is 0.265 e. The Labute approximate surface area is 162 Å². The summed E-state index contributed by atoms with van der Waals surface area (Å²) in [6.07, 6.45) is 1.96. The van der Waals surface area contributed by atoms with E-state index < -0.39 is 9.84 Å². The average Bonchev–Trinajstić information content (AvgIpc) is 3.01. The highest BCUT2D eigenvalue weighted by molar-refractivity contribution is 7.91. The van der Waals surface area contributed by atoms with E-state index >= 15 is 0 Å². The van der Waals surface area contributed by atoms with Crippen LogP contribution in [-0.4, -0.2) is 41.9 Å². The van der Waals surface area contributed by atoms with Crippen LogP contribution < -0.4 is 5.56 Å². The lowest BCUT2D eigenvalue weighted by Gasteiger charge is -2.14. The molecule has 0 radical (unpaired) electrons. The van der Waals surface area contributed by atoms with Crippen LogP contribution in [0.3, 0.4) is 0 Å². The van der Waals surface area contributed by atoms with Crippen molar-refractivity contribution in [2.75, 3.05) is 11.5 Å². The van der Waals surface area contributed by atoms with Crippen LogP contribution in [-0.2, 0) is 9.84 Å². The van der Waals surface area contributed by atoms with Crippen LogP contribution in [0.15, 0.2) is 58.3 Å². The molecule has 1 aliphatic heterocycles. The maximum atomic E-state index is 13.0. The summed E-state index contributed by atoms with van der Waals surface area (Å²) in [6, 6.07) is 14.0. The van der Waals surface area contributed by atoms with Gasteiger partial charge in [0.25, 0.3) is 5.56 Å². The molecule has 0 bridgehead atoms. The fraction of sp³-hybridized carbons (Fsp3) is 0.238. The van der Waals surface area contributed by atoms with E-state index in [9.17, 15) is 18.3 Å². The second-order valence-electron chi connectivity index (χ2n) is 7.10. The van der Waals surface area contributed by atoms with Crippen LogP contribution in [0.25, 0.3) is 16.5 Å². The summed E-state index contributed by atoms with van der Waals surface area (Å²) >= 11 is 0. The molecular formula is C21H20N2O4S. The molecule has 28 heavy (non-hydrogen) atoms. The van der Waals surface area contributed by atoms with Gasteiger partial charge in [-0.1, -0.05) is 30.3 Å². The topological polar surface area (TPSA) is 88.7 Å². The zero-order chi connectivity index (χ0) is 19.9. The average molecular weight is 396 g/mol. The molecule has 1 saturated heterocycles. The molecule has 0 spiro atoms. The van der Waals surface area contributed by atoms with Crippen molar-refractivity contribution in [3.63, 3.8) is 0 Å². The van der Waals surface area contributed by atoms with Crippen molar-refractivity contribution in [1.82, 2.24) is 4.57 Å². The van der Waals surface area contributed by atoms with Gasteiger partial charge >= 0.3 is 0 Å². The zero-order valence-electron chi connectivity index (χ0n) is 15.4. The first-order chi connectivity index (χ1) is 13.4. The number of aromatic nitrogens is 1. The van der Waals surface area contributed by atoms with Crippen molar-refractivity contribution in [2.45, 2.75) is 19.4 Å². The molecule has 1 aromatic heterocycles. The number of aliphatic imine (C=N–C) groups is 1. The minimum Gasteiger partial charge on any atom is -0.494 e. The lowest BCUT2D eigenvalue weighted by atomic mass is 10.1. The molecule has 1 N–H and O–H groups in total. The minimum atomic E-state index is -3.05. The normalized spacial score (nSPS) is 18.8. The first kappa shape index (κ1) is 18.4. The lowest BCUT2D eigenvalue weighted by molar-refractivity contribution is 0.436. The predicted octanol–water partition coefficient (Wildman–Crippen LogP) is 2.61. The zero-order valence-corrected chi connectivity index (χ0v) is 16.2. The van der Waals surface area contributed by atoms with E-state index in [2.05, 4.69) is 4.99 Å². The Morgan fingerprint density at radius 1 is 1.14 bits per heavy atom. The van der Waals surface area contributed by atoms with Crippen molar-refractivity contribution in [2.24, 2.45) is 4.99 Å². The third kappa shape index (κ3) is 3.33. The molecule has 1 aliphatic rings. The highest BCUT2D eigenvalue weighted by Gasteiger charge is 2.27. The fourth-order valence-corrected chi connectivity index (χ4v) is 5.21. The van der Waals surface area contributed by atoms with Crippen LogP contribution in [0.2, 0.25) is 0 Å². The maximum Gasteiger partial charge on any atom is 0.265 e. The molecule has 4 rings (SSSR count). The molecule has 0 aliphatic carbocycles. The molecule has 2 heterocycles. The first-order valence-corrected chi connectivity index (χ1v) is 10.9. The highest BCUT2D eigenvalue weighted by atomic mass is 32.2. The van der Waals surface area contributed by atoms with E-state index in [1.807, 2.05) is 25.1 Å². The van der Waals surface area contributed by atoms with Gasteiger partial charge in [-0.25, -0.2) is 13.0 Å². The Morgan fingerprint density at radius 3 is 2.57 bits per heavy atom. The minimum absolute atomic E-state index is 0.0136. The lowest BCUT2D eigenvalue weighted by Crippen LogP contribution is -2.20. The molecule has 0 amide bonds. The van der Waals surface area contributed by atoms with Crippen LogP contribution >= 0.6 is 0 Å². The summed E-state index contributed by atoms with van der Waals surface area (Å²) < 4.78 is 24.6. The molecule has 6 nitrogen and oxygen atoms in total. The third-order valence-electron chi connectivity index (χ3n) is 4.99. The van der Waals surface area contributed by atoms with E-state index in [0.717, 1.165) is 5.56 Å². The molecule has 1 fully saturated rings. The number of rotatable bonds is 3. The van der Waals surface area contributed by atoms with Crippen LogP contribution in [0.5, 0.6) is 5.88 Å². The number of fused-ring (bicyclic) bond motifs is 1. The second-order valence-corrected chi connectivity index (χ2v) is 9.33. The van der Waals surface area contributed by atoms with Crippen molar-refractivity contribution < 1.29 is 13.5 Å². The monoisotopic (exact) mass is 396 g/mol. The Balaban J connectivity index is 1.92. The first-order valence-electron chi connectivity index (χ1n) is 9.03. The van der Waals surface area contributed by atoms with Crippen molar-refractivity contribution in [3.8, 4) is 11.6 Å². The summed E-state index contributed by atoms with van der Waals surface area (Å²) in [5.74, 6) is -0.0663. The van der Waals surface area contributed by atoms with E-state index in [0.29, 0.717) is 28.4 Å². The second kappa shape index (κ2) is 6.91. The Morgan fingerprint density at radius 2 is 1.89 bits per heavy atom. The summed E-state index contributed by atoms with van der Waals surface area (Å²) in [5.41, 5.74) is 1.61. The number of nitrogens with zero attached hydrogens (tertiary/aromatic N) is 2. The van der Waals surface area contributed by atoms with Gasteiger partial charge in [0.2, 0.25) is 5.88 Å². The Kier molecular flexibility index (Phi) is 4.55. The van der Waals surface area contributed by atoms with Gasteiger partial charge in [0.05, 0.1) is 28.8 Å². The number of aryl methyl sites for hydroxylation is 1. The molecule has 3 aromatic rings. The van der Waals surface area contributed by atoms with E-state index in [-0.39, 0.29) is 29.0 Å². The van der Waals surface area contributed by atoms with Crippen molar-refractivity contribution in [3.05, 3.63) is 70.0 Å². The SMILES string of the molecule is Cc1cccc(-n2c(O)c(C=N[C@@H]3CCS(=O)(=O)C3)c3ccccc3c2=O)c1. The van der Waals surface area contributed by atoms with Gasteiger partial charge < -0.3 is 5.11 Å². The van der Waals surface area contributed by atoms with Crippen molar-refractivity contribution in [1.29, 1.82) is 0 Å². The van der Waals surface area contributed by atoms with E-state index in [1.165, 1.54) is 10.8 Å². The van der Waals surface area contributed by atoms with Crippen molar-refractivity contribution >= 4 is 26.8 Å². The van der Waals surface area contributed by atoms with Crippen LogP contribution in [0.1, 0.15) is 17.5 Å². The number of aromatic hydroxyl groups is 1. The molecule has 0 unspecified atom stereocenters. The quantitative estimate of drug-likeness (QED) is 0.689. The van der Waals surface area contributed by atoms with Gasteiger partial charge in [0, 0.05) is 17.0 Å². The van der Waals surface area contributed by atoms with E-state index in [1.54, 1.807) is 30.3 Å². The fourth-order valence-electron chi connectivity index (χ4n) is 3.57. The molecule has 0 saturated carbocycles. The predicted molar refractivity (Wildman–Crippen MR) is 111 cm³/mol. The van der Waals surface area contributed by atoms with Gasteiger partial charge in [-0.2, -0.15) is 0 Å². The maximum absolute atomic E-state index is 13.0. The Hall–Kier alpha value is -2.93. The Bertz CT molecular complexity index is 1260. The molecule has 1 atom stereocenters. The van der Waals surface area contributed by atoms with Gasteiger partial charge in [0.1, 0.15) is 0 Å². The standard InChI is InChI=1S/C21H20N2O4S/c1-14-5-4-6-16(11-14)23-20(24)18-8-3-2-7-17(18)19(21(23)25)12-22-15-9-10-28(26,27)13-15/h2-8,11-12,15,25H,9-10,13H2,1H3/t15-/m1/s1. The van der Waals surface area contributed by atoms with Gasteiger partial charge in [-0.05, 0) is 37.1 Å². The van der Waals surface area contributed by atoms with Crippen LogP contribution in [0, 0.1) is 6.92 Å². The van der Waals surface area contributed by atoms with E-state index in [4.69, 9.17) is 0 Å². The van der Waals surface area contributed by atoms with Crippen LogP contribution in [0.4, 0.5) is 0 Å². The number of hydrogen-bond acceptors (Lipinski definition) is 5. The summed E-state index contributed by atoms with van der Waals surface area (Å²) in [5, 5.41) is 12.0. The van der Waals surface area contributed by atoms with Gasteiger partial charge in [-0.15, -0.1) is 0 Å². The highest BCUT2D eigenvalue weighted by Crippen LogP contribution is 2.26. The largest absolute Gasteiger partial charge is 0.494 e. The van der Waals surface area contributed by atoms with Gasteiger partial charge in [-0.3, -0.25) is 9.79 Å². The number of benzene rings is 2. The molecular weight excluding hydrogens is 376 g/mol. The number of sulfone groups is 1. The molecule has 144 valence electrons. The number of hydrogen-bond donors (Lipinski definition) is 1. The number of pyridine rings is 1. The summed E-state index contributed by atoms with van der Waals surface area (Å²) in [6.45, 7) is 1.91. The summed E-state index contributed by atoms with van der Waals surface area (Å²) in [4.78, 5) is 17.4. The molecule has 7 heteroatoms.